The van der Waals surface area contributed by atoms with Crippen molar-refractivity contribution in [2.24, 2.45) is 0 Å². The van der Waals surface area contributed by atoms with Crippen molar-refractivity contribution in [3.8, 4) is 0 Å². The number of alkyl carbamates (subject to hydrolysis) is 1. The van der Waals surface area contributed by atoms with Gasteiger partial charge in [-0.25, -0.2) is 9.59 Å². The summed E-state index contributed by atoms with van der Waals surface area (Å²) in [5.74, 6) is -0.513. The summed E-state index contributed by atoms with van der Waals surface area (Å²) in [6, 6.07) is 1.13. The number of nitrogens with one attached hydrogen (secondary N) is 1. The molecule has 8 heteroatoms. The zero-order valence-electron chi connectivity index (χ0n) is 15.1. The summed E-state index contributed by atoms with van der Waals surface area (Å²) < 4.78 is 16.3. The van der Waals surface area contributed by atoms with Gasteiger partial charge in [-0.3, -0.25) is 0 Å². The van der Waals surface area contributed by atoms with E-state index >= 15 is 0 Å². The van der Waals surface area contributed by atoms with Gasteiger partial charge in [0.2, 0.25) is 8.32 Å². The van der Waals surface area contributed by atoms with Crippen LogP contribution in [0, 0.1) is 0 Å². The Hall–Kier alpha value is -1.13. The highest BCUT2D eigenvalue weighted by molar-refractivity contribution is 6.84. The Kier molecular flexibility index (Phi) is 10.1. The number of hydrogen-bond acceptors (Lipinski definition) is 5. The second-order valence-electron chi connectivity index (χ2n) is 6.60. The van der Waals surface area contributed by atoms with E-state index in [0.29, 0.717) is 6.23 Å². The van der Waals surface area contributed by atoms with Crippen molar-refractivity contribution >= 4 is 28.7 Å². The fraction of sp³-hybridized carbons (Fsp3) is 0.733. The average Bonchev–Trinajstić information content (AvgIpc) is 2.46. The molecule has 0 saturated carbocycles. The van der Waals surface area contributed by atoms with Crippen molar-refractivity contribution in [3.05, 3.63) is 12.7 Å². The third kappa shape index (κ3) is 12.0. The largest absolute Gasteiger partial charge is 0.461 e. The Labute approximate surface area is 141 Å². The van der Waals surface area contributed by atoms with Gasteiger partial charge in [-0.05, 0) is 32.2 Å². The molecule has 0 radical (unpaired) electrons. The lowest BCUT2D eigenvalue weighted by Crippen LogP contribution is -2.48. The van der Waals surface area contributed by atoms with Crippen LogP contribution in [0.25, 0.3) is 0 Å². The van der Waals surface area contributed by atoms with E-state index in [0.717, 1.165) is 18.5 Å². The van der Waals surface area contributed by atoms with Crippen LogP contribution in [0.5, 0.6) is 0 Å². The molecule has 0 aromatic heterocycles. The van der Waals surface area contributed by atoms with E-state index in [1.165, 1.54) is 6.42 Å². The van der Waals surface area contributed by atoms with Gasteiger partial charge in [0.25, 0.3) is 0 Å². The van der Waals surface area contributed by atoms with Gasteiger partial charge in [-0.2, -0.15) is 0 Å². The highest BCUT2D eigenvalue weighted by Gasteiger charge is 2.33. The van der Waals surface area contributed by atoms with E-state index in [4.69, 9.17) is 13.6 Å². The molecular weight excluding hydrogens is 330 g/mol. The van der Waals surface area contributed by atoms with Crippen LogP contribution in [0.2, 0.25) is 32.2 Å². The van der Waals surface area contributed by atoms with Crippen molar-refractivity contribution in [3.63, 3.8) is 0 Å². The molecule has 0 aliphatic rings. The van der Waals surface area contributed by atoms with Crippen LogP contribution in [0.3, 0.4) is 0 Å². The monoisotopic (exact) mass is 361 g/mol. The van der Waals surface area contributed by atoms with Crippen LogP contribution in [-0.2, 0) is 18.4 Å². The molecular formula is C15H31NO5Si2. The summed E-state index contributed by atoms with van der Waals surface area (Å²) in [6.07, 6.45) is 3.21. The molecule has 6 nitrogen and oxygen atoms in total. The van der Waals surface area contributed by atoms with Crippen LogP contribution in [-0.4, -0.2) is 48.1 Å². The SMILES string of the molecule is C=CC(=O)OCCNC(=O)OC[Si](C)(C)O[Si](C)(C)CCCC. The van der Waals surface area contributed by atoms with Gasteiger partial charge >= 0.3 is 12.1 Å². The zero-order chi connectivity index (χ0) is 17.9. The predicted octanol–water partition coefficient (Wildman–Crippen LogP) is 3.21. The number of carbonyl (C=O) groups is 2. The molecule has 0 fully saturated rings. The number of hydrogen-bond donors (Lipinski definition) is 1. The molecule has 0 heterocycles. The summed E-state index contributed by atoms with van der Waals surface area (Å²) in [6.45, 7) is 14.3. The Bertz CT molecular complexity index is 399. The lowest BCUT2D eigenvalue weighted by Gasteiger charge is -2.33. The van der Waals surface area contributed by atoms with Gasteiger partial charge in [0.05, 0.1) is 6.54 Å². The maximum atomic E-state index is 11.6. The van der Waals surface area contributed by atoms with Crippen molar-refractivity contribution in [2.75, 3.05) is 19.4 Å². The van der Waals surface area contributed by atoms with Crippen LogP contribution < -0.4 is 5.32 Å². The molecule has 23 heavy (non-hydrogen) atoms. The number of ether oxygens (including phenoxy) is 2. The van der Waals surface area contributed by atoms with Crippen molar-refractivity contribution in [2.45, 2.75) is 52.0 Å². The lowest BCUT2D eigenvalue weighted by atomic mass is 10.4. The molecule has 134 valence electrons. The molecule has 1 amide bonds. The quantitative estimate of drug-likeness (QED) is 0.265. The second-order valence-corrected chi connectivity index (χ2v) is 15.2. The topological polar surface area (TPSA) is 73.9 Å². The zero-order valence-corrected chi connectivity index (χ0v) is 17.1. The third-order valence-electron chi connectivity index (χ3n) is 3.02. The highest BCUT2D eigenvalue weighted by atomic mass is 28.4. The van der Waals surface area contributed by atoms with Gasteiger partial charge in [0, 0.05) is 6.08 Å². The fourth-order valence-corrected chi connectivity index (χ4v) is 10.4. The van der Waals surface area contributed by atoms with Gasteiger partial charge in [0.15, 0.2) is 8.32 Å². The first-order valence-electron chi connectivity index (χ1n) is 8.02. The maximum Gasteiger partial charge on any atom is 0.407 e. The van der Waals surface area contributed by atoms with E-state index in [9.17, 15) is 9.59 Å². The second kappa shape index (κ2) is 10.6. The molecule has 1 N–H and O–H groups in total. The van der Waals surface area contributed by atoms with Crippen molar-refractivity contribution in [1.82, 2.24) is 5.32 Å². The normalized spacial score (nSPS) is 11.7. The molecule has 0 unspecified atom stereocenters. The van der Waals surface area contributed by atoms with Crippen LogP contribution in [0.15, 0.2) is 12.7 Å². The molecule has 0 aliphatic carbocycles. The molecule has 0 aromatic carbocycles. The molecule has 0 aliphatic heterocycles. The minimum atomic E-state index is -2.04. The van der Waals surface area contributed by atoms with E-state index < -0.39 is 28.7 Å². The van der Waals surface area contributed by atoms with Crippen molar-refractivity contribution in [1.29, 1.82) is 0 Å². The third-order valence-corrected chi connectivity index (χ3v) is 9.84. The van der Waals surface area contributed by atoms with E-state index in [1.54, 1.807) is 0 Å². The molecule has 0 bridgehead atoms. The lowest BCUT2D eigenvalue weighted by molar-refractivity contribution is -0.137. The number of esters is 1. The van der Waals surface area contributed by atoms with Crippen LogP contribution in [0.1, 0.15) is 19.8 Å². The Morgan fingerprint density at radius 3 is 2.35 bits per heavy atom. The predicted molar refractivity (Wildman–Crippen MR) is 96.3 cm³/mol. The Morgan fingerprint density at radius 1 is 1.13 bits per heavy atom. The average molecular weight is 362 g/mol. The number of rotatable bonds is 11. The smallest absolute Gasteiger partial charge is 0.407 e. The first-order chi connectivity index (χ1) is 10.6. The van der Waals surface area contributed by atoms with Crippen LogP contribution in [0.4, 0.5) is 4.79 Å². The van der Waals surface area contributed by atoms with Gasteiger partial charge in [0.1, 0.15) is 12.8 Å². The van der Waals surface area contributed by atoms with Gasteiger partial charge in [-0.1, -0.05) is 26.3 Å². The summed E-state index contributed by atoms with van der Waals surface area (Å²) in [5.41, 5.74) is 0. The first-order valence-corrected chi connectivity index (χ1v) is 14.2. The molecule has 0 aromatic rings. The highest BCUT2D eigenvalue weighted by Crippen LogP contribution is 2.20. The number of carbonyl (C=O) groups excluding carboxylic acids is 2. The molecule has 0 spiro atoms. The number of unbranched alkanes of at least 4 members (excludes halogenated alkanes) is 1. The first kappa shape index (κ1) is 21.9. The summed E-state index contributed by atoms with van der Waals surface area (Å²) >= 11 is 0. The molecule has 0 atom stereocenters. The van der Waals surface area contributed by atoms with E-state index in [2.05, 4.69) is 45.0 Å². The van der Waals surface area contributed by atoms with Crippen molar-refractivity contribution < 1.29 is 23.2 Å². The summed E-state index contributed by atoms with van der Waals surface area (Å²) in [5, 5.41) is 2.54. The fourth-order valence-electron chi connectivity index (χ4n) is 2.08. The molecule has 0 saturated heterocycles. The maximum absolute atomic E-state index is 11.6. The van der Waals surface area contributed by atoms with E-state index in [1.807, 2.05) is 0 Å². The standard InChI is InChI=1S/C15H31NO5Si2/c1-7-9-12-22(3,4)21-23(5,6)13-20-15(18)16-10-11-19-14(17)8-2/h8H,2,7,9-13H2,1,3-6H3,(H,16,18). The minimum Gasteiger partial charge on any atom is -0.461 e. The van der Waals surface area contributed by atoms with Gasteiger partial charge in [-0.15, -0.1) is 0 Å². The summed E-state index contributed by atoms with van der Waals surface area (Å²) in [4.78, 5) is 22.5. The Morgan fingerprint density at radius 2 is 1.78 bits per heavy atom. The summed E-state index contributed by atoms with van der Waals surface area (Å²) in [7, 11) is -3.74. The van der Waals surface area contributed by atoms with Crippen LogP contribution >= 0.6 is 0 Å². The minimum absolute atomic E-state index is 0.0915. The van der Waals surface area contributed by atoms with Gasteiger partial charge < -0.3 is 18.9 Å². The Balaban J connectivity index is 4.04. The number of amides is 1. The van der Waals surface area contributed by atoms with E-state index in [-0.39, 0.29) is 13.2 Å². The molecule has 0 rings (SSSR count).